The quantitative estimate of drug-likeness (QED) is 0.698. The smallest absolute Gasteiger partial charge is 0.328 e. The van der Waals surface area contributed by atoms with Crippen LogP contribution in [0.1, 0.15) is 5.56 Å². The van der Waals surface area contributed by atoms with Crippen molar-refractivity contribution in [2.24, 2.45) is 0 Å². The van der Waals surface area contributed by atoms with Crippen LogP contribution in [0.5, 0.6) is 5.75 Å². The molecule has 0 aliphatic rings. The fourth-order valence-electron chi connectivity index (χ4n) is 1.55. The average Bonchev–Trinajstić information content (AvgIpc) is 2.43. The number of aliphatic carboxylic acids is 1. The van der Waals surface area contributed by atoms with Crippen molar-refractivity contribution < 1.29 is 19.4 Å². The van der Waals surface area contributed by atoms with Crippen LogP contribution in [0.15, 0.2) is 30.3 Å². The highest BCUT2D eigenvalue weighted by atomic mass is 16.5. The standard InChI is InChI=1S/C15H21NO4/c1-16(8-10-19-2)9-11-20-14-5-3-4-13(12-14)6-7-15(17)18/h3-7,12H,8-11H2,1-2H3,(H,17,18). The van der Waals surface area contributed by atoms with Gasteiger partial charge in [0.1, 0.15) is 12.4 Å². The van der Waals surface area contributed by atoms with E-state index in [1.165, 1.54) is 0 Å². The summed E-state index contributed by atoms with van der Waals surface area (Å²) in [7, 11) is 3.69. The van der Waals surface area contributed by atoms with Gasteiger partial charge in [-0.15, -0.1) is 0 Å². The molecule has 0 heterocycles. The van der Waals surface area contributed by atoms with Gasteiger partial charge in [0.25, 0.3) is 0 Å². The molecule has 0 saturated carbocycles. The van der Waals surface area contributed by atoms with E-state index < -0.39 is 5.97 Å². The number of methoxy groups -OCH3 is 1. The van der Waals surface area contributed by atoms with E-state index in [9.17, 15) is 4.79 Å². The molecule has 1 aromatic carbocycles. The lowest BCUT2D eigenvalue weighted by Gasteiger charge is -2.16. The molecule has 0 amide bonds. The molecule has 110 valence electrons. The van der Waals surface area contributed by atoms with Crippen LogP contribution < -0.4 is 4.74 Å². The third-order valence-corrected chi connectivity index (χ3v) is 2.70. The summed E-state index contributed by atoms with van der Waals surface area (Å²) in [5.41, 5.74) is 0.803. The van der Waals surface area contributed by atoms with Crippen LogP contribution in [0.3, 0.4) is 0 Å². The average molecular weight is 279 g/mol. The van der Waals surface area contributed by atoms with Gasteiger partial charge in [-0.05, 0) is 30.8 Å². The molecule has 0 unspecified atom stereocenters. The minimum Gasteiger partial charge on any atom is -0.492 e. The predicted molar refractivity (Wildman–Crippen MR) is 78.0 cm³/mol. The molecule has 0 spiro atoms. The van der Waals surface area contributed by atoms with Crippen LogP contribution in [-0.2, 0) is 9.53 Å². The van der Waals surface area contributed by atoms with Crippen LogP contribution in [0, 0.1) is 0 Å². The number of benzene rings is 1. The summed E-state index contributed by atoms with van der Waals surface area (Å²) < 4.78 is 10.6. The Bertz CT molecular complexity index is 445. The number of hydrogen-bond donors (Lipinski definition) is 1. The number of carboxylic acid groups (broad SMARTS) is 1. The third-order valence-electron chi connectivity index (χ3n) is 2.70. The first-order valence-corrected chi connectivity index (χ1v) is 6.43. The number of nitrogens with zero attached hydrogens (tertiary/aromatic N) is 1. The van der Waals surface area contributed by atoms with E-state index in [1.807, 2.05) is 31.3 Å². The fourth-order valence-corrected chi connectivity index (χ4v) is 1.55. The van der Waals surface area contributed by atoms with Crippen molar-refractivity contribution in [3.63, 3.8) is 0 Å². The number of carboxylic acids is 1. The molecule has 0 bridgehead atoms. The maximum Gasteiger partial charge on any atom is 0.328 e. The number of carbonyl (C=O) groups is 1. The molecule has 0 aromatic heterocycles. The molecule has 0 saturated heterocycles. The summed E-state index contributed by atoms with van der Waals surface area (Å²) in [6.07, 6.45) is 2.65. The zero-order valence-corrected chi connectivity index (χ0v) is 11.9. The Hall–Kier alpha value is -1.85. The predicted octanol–water partition coefficient (Wildman–Crippen LogP) is 1.74. The van der Waals surface area contributed by atoms with Crippen LogP contribution in [0.25, 0.3) is 6.08 Å². The van der Waals surface area contributed by atoms with E-state index >= 15 is 0 Å². The van der Waals surface area contributed by atoms with E-state index in [2.05, 4.69) is 4.90 Å². The summed E-state index contributed by atoms with van der Waals surface area (Å²) in [6.45, 7) is 2.94. The van der Waals surface area contributed by atoms with E-state index in [4.69, 9.17) is 14.6 Å². The summed E-state index contributed by atoms with van der Waals surface area (Å²) >= 11 is 0. The molecule has 0 fully saturated rings. The van der Waals surface area contributed by atoms with E-state index in [0.29, 0.717) is 13.2 Å². The molecule has 20 heavy (non-hydrogen) atoms. The zero-order chi connectivity index (χ0) is 14.8. The van der Waals surface area contributed by atoms with Crippen molar-refractivity contribution >= 4 is 12.0 Å². The fraction of sp³-hybridized carbons (Fsp3) is 0.400. The largest absolute Gasteiger partial charge is 0.492 e. The minimum absolute atomic E-state index is 0.576. The summed E-state index contributed by atoms with van der Waals surface area (Å²) in [6, 6.07) is 7.34. The molecular formula is C15H21NO4. The molecule has 1 N–H and O–H groups in total. The highest BCUT2D eigenvalue weighted by Gasteiger charge is 1.99. The van der Waals surface area contributed by atoms with Gasteiger partial charge in [-0.1, -0.05) is 12.1 Å². The van der Waals surface area contributed by atoms with Gasteiger partial charge in [-0.25, -0.2) is 4.79 Å². The van der Waals surface area contributed by atoms with Gasteiger partial charge >= 0.3 is 5.97 Å². The molecule has 1 rings (SSSR count). The highest BCUT2D eigenvalue weighted by Crippen LogP contribution is 2.14. The van der Waals surface area contributed by atoms with Crippen LogP contribution in [0.4, 0.5) is 0 Å². The molecule has 0 aliphatic carbocycles. The summed E-state index contributed by atoms with van der Waals surface area (Å²) in [4.78, 5) is 12.6. The Morgan fingerprint density at radius 2 is 2.10 bits per heavy atom. The summed E-state index contributed by atoms with van der Waals surface area (Å²) in [5.74, 6) is -0.228. The second-order valence-electron chi connectivity index (χ2n) is 4.39. The second-order valence-corrected chi connectivity index (χ2v) is 4.39. The van der Waals surface area contributed by atoms with E-state index in [0.717, 1.165) is 30.5 Å². The first kappa shape index (κ1) is 16.2. The lowest BCUT2D eigenvalue weighted by molar-refractivity contribution is -0.131. The molecule has 1 aromatic rings. The van der Waals surface area contributed by atoms with Crippen LogP contribution >= 0.6 is 0 Å². The van der Waals surface area contributed by atoms with E-state index in [-0.39, 0.29) is 0 Å². The lowest BCUT2D eigenvalue weighted by atomic mass is 10.2. The van der Waals surface area contributed by atoms with Crippen molar-refractivity contribution in [1.29, 1.82) is 0 Å². The first-order valence-electron chi connectivity index (χ1n) is 6.43. The minimum atomic E-state index is -0.962. The van der Waals surface area contributed by atoms with Crippen molar-refractivity contribution in [1.82, 2.24) is 4.90 Å². The van der Waals surface area contributed by atoms with Crippen molar-refractivity contribution in [3.05, 3.63) is 35.9 Å². The molecule has 0 atom stereocenters. The number of rotatable bonds is 9. The number of hydrogen-bond acceptors (Lipinski definition) is 4. The number of likely N-dealkylation sites (N-methyl/N-ethyl adjacent to an activating group) is 1. The molecular weight excluding hydrogens is 258 g/mol. The van der Waals surface area contributed by atoms with Gasteiger partial charge < -0.3 is 19.5 Å². The molecule has 0 aliphatic heterocycles. The van der Waals surface area contributed by atoms with Crippen molar-refractivity contribution in [3.8, 4) is 5.75 Å². The Labute approximate surface area is 119 Å². The summed E-state index contributed by atoms with van der Waals surface area (Å²) in [5, 5.41) is 8.58. The Kier molecular flexibility index (Phi) is 7.39. The topological polar surface area (TPSA) is 59.0 Å². The molecule has 5 heteroatoms. The Morgan fingerprint density at radius 1 is 1.35 bits per heavy atom. The van der Waals surface area contributed by atoms with Gasteiger partial charge in [0.05, 0.1) is 6.61 Å². The van der Waals surface area contributed by atoms with Gasteiger partial charge in [-0.3, -0.25) is 0 Å². The maximum atomic E-state index is 10.5. The first-order chi connectivity index (χ1) is 9.61. The van der Waals surface area contributed by atoms with Gasteiger partial charge in [0.15, 0.2) is 0 Å². The lowest BCUT2D eigenvalue weighted by Crippen LogP contribution is -2.27. The third kappa shape index (κ3) is 6.92. The van der Waals surface area contributed by atoms with Gasteiger partial charge in [0, 0.05) is 26.3 Å². The normalized spacial score (nSPS) is 11.2. The zero-order valence-electron chi connectivity index (χ0n) is 11.9. The highest BCUT2D eigenvalue weighted by molar-refractivity contribution is 5.85. The molecule has 0 radical (unpaired) electrons. The van der Waals surface area contributed by atoms with E-state index in [1.54, 1.807) is 13.2 Å². The Morgan fingerprint density at radius 3 is 2.80 bits per heavy atom. The van der Waals surface area contributed by atoms with Gasteiger partial charge in [0.2, 0.25) is 0 Å². The number of ether oxygens (including phenoxy) is 2. The van der Waals surface area contributed by atoms with Crippen LogP contribution in [-0.4, -0.2) is 56.4 Å². The molecule has 5 nitrogen and oxygen atoms in total. The van der Waals surface area contributed by atoms with Gasteiger partial charge in [-0.2, -0.15) is 0 Å². The van der Waals surface area contributed by atoms with Crippen LogP contribution in [0.2, 0.25) is 0 Å². The van der Waals surface area contributed by atoms with Crippen molar-refractivity contribution in [2.45, 2.75) is 0 Å². The maximum absolute atomic E-state index is 10.5. The second kappa shape index (κ2) is 9.12. The Balaban J connectivity index is 2.40. The van der Waals surface area contributed by atoms with Crippen molar-refractivity contribution in [2.75, 3.05) is 40.5 Å². The SMILES string of the molecule is COCCN(C)CCOc1cccc(C=CC(=O)O)c1. The monoisotopic (exact) mass is 279 g/mol.